The van der Waals surface area contributed by atoms with Crippen LogP contribution in [-0.2, 0) is 17.6 Å². The summed E-state index contributed by atoms with van der Waals surface area (Å²) in [5.41, 5.74) is 6.82. The lowest BCUT2D eigenvalue weighted by molar-refractivity contribution is -0.122. The van der Waals surface area contributed by atoms with E-state index >= 15 is 0 Å². The van der Waals surface area contributed by atoms with Crippen LogP contribution in [0.1, 0.15) is 32.7 Å². The molecule has 1 aromatic heterocycles. The predicted molar refractivity (Wildman–Crippen MR) is 144 cm³/mol. The van der Waals surface area contributed by atoms with Gasteiger partial charge in [-0.25, -0.2) is 0 Å². The normalized spacial score (nSPS) is 11.5. The summed E-state index contributed by atoms with van der Waals surface area (Å²) in [5.74, 6) is -0.473. The van der Waals surface area contributed by atoms with Gasteiger partial charge in [0.1, 0.15) is 6.04 Å². The van der Waals surface area contributed by atoms with Crippen molar-refractivity contribution < 1.29 is 9.59 Å². The monoisotopic (exact) mass is 477 g/mol. The van der Waals surface area contributed by atoms with Crippen LogP contribution in [0.3, 0.4) is 0 Å². The molecule has 1 heterocycles. The molecule has 0 fully saturated rings. The average Bonchev–Trinajstić information content (AvgIpc) is 2.91. The molecule has 0 aliphatic heterocycles. The van der Waals surface area contributed by atoms with E-state index in [0.717, 1.165) is 33.5 Å². The van der Waals surface area contributed by atoms with Crippen molar-refractivity contribution in [3.8, 4) is 11.1 Å². The van der Waals surface area contributed by atoms with Crippen LogP contribution >= 0.6 is 0 Å². The van der Waals surface area contributed by atoms with Crippen LogP contribution in [0.5, 0.6) is 0 Å². The second-order valence-electron chi connectivity index (χ2n) is 8.95. The maximum absolute atomic E-state index is 13.2. The fraction of sp³-hybridized carbons (Fsp3) is 0.194. The van der Waals surface area contributed by atoms with E-state index in [-0.39, 0.29) is 11.8 Å². The molecule has 0 saturated heterocycles. The van der Waals surface area contributed by atoms with Crippen molar-refractivity contribution in [2.45, 2.75) is 32.7 Å². The van der Waals surface area contributed by atoms with Crippen molar-refractivity contribution in [1.82, 2.24) is 15.6 Å². The highest BCUT2D eigenvalue weighted by molar-refractivity contribution is 5.97. The highest BCUT2D eigenvalue weighted by Gasteiger charge is 2.22. The molecule has 0 bridgehead atoms. The first-order chi connectivity index (χ1) is 17.5. The summed E-state index contributed by atoms with van der Waals surface area (Å²) in [7, 11) is 0. The molecule has 3 aromatic carbocycles. The standard InChI is InChI=1S/C31H31N3O2/c1-22-11-14-27(20-23(22)2)30(35)34-29(31(36)33-19-17-28-10-6-7-18-32-28)21-24-12-15-26(16-13-24)25-8-4-3-5-9-25/h3-16,18,20,29H,17,19,21H2,1-2H3,(H,33,36)(H,34,35)/t29-/m1/s1. The second kappa shape index (κ2) is 11.9. The lowest BCUT2D eigenvalue weighted by Gasteiger charge is -2.19. The number of aryl methyl sites for hydroxylation is 2. The Morgan fingerprint density at radius 2 is 1.53 bits per heavy atom. The van der Waals surface area contributed by atoms with Gasteiger partial charge in [0.15, 0.2) is 0 Å². The van der Waals surface area contributed by atoms with Crippen molar-refractivity contribution in [2.24, 2.45) is 0 Å². The SMILES string of the molecule is Cc1ccc(C(=O)N[C@H](Cc2ccc(-c3ccccc3)cc2)C(=O)NCCc2ccccn2)cc1C. The van der Waals surface area contributed by atoms with Crippen molar-refractivity contribution in [3.05, 3.63) is 125 Å². The molecule has 0 spiro atoms. The van der Waals surface area contributed by atoms with E-state index < -0.39 is 6.04 Å². The number of carbonyl (C=O) groups excluding carboxylic acids is 2. The molecule has 0 unspecified atom stereocenters. The second-order valence-corrected chi connectivity index (χ2v) is 8.95. The zero-order valence-corrected chi connectivity index (χ0v) is 20.7. The summed E-state index contributed by atoms with van der Waals surface area (Å²) < 4.78 is 0. The minimum Gasteiger partial charge on any atom is -0.354 e. The number of hydrogen-bond acceptors (Lipinski definition) is 3. The van der Waals surface area contributed by atoms with Gasteiger partial charge in [0.2, 0.25) is 5.91 Å². The number of nitrogens with zero attached hydrogens (tertiary/aromatic N) is 1. The zero-order valence-electron chi connectivity index (χ0n) is 20.7. The van der Waals surface area contributed by atoms with Gasteiger partial charge in [-0.15, -0.1) is 0 Å². The van der Waals surface area contributed by atoms with Crippen LogP contribution in [0.4, 0.5) is 0 Å². The highest BCUT2D eigenvalue weighted by atomic mass is 16.2. The molecule has 0 aliphatic carbocycles. The topological polar surface area (TPSA) is 71.1 Å². The van der Waals surface area contributed by atoms with Gasteiger partial charge in [0.25, 0.3) is 5.91 Å². The molecule has 5 nitrogen and oxygen atoms in total. The Hall–Kier alpha value is -4.25. The quantitative estimate of drug-likeness (QED) is 0.354. The molecule has 0 aliphatic rings. The predicted octanol–water partition coefficient (Wildman–Crippen LogP) is 5.07. The van der Waals surface area contributed by atoms with Gasteiger partial charge < -0.3 is 10.6 Å². The Kier molecular flexibility index (Phi) is 8.24. The van der Waals surface area contributed by atoms with Gasteiger partial charge in [-0.05, 0) is 65.9 Å². The van der Waals surface area contributed by atoms with Crippen LogP contribution in [0.2, 0.25) is 0 Å². The lowest BCUT2D eigenvalue weighted by Crippen LogP contribution is -2.48. The molecular weight excluding hydrogens is 446 g/mol. The molecule has 0 saturated carbocycles. The van der Waals surface area contributed by atoms with Crippen LogP contribution < -0.4 is 10.6 Å². The van der Waals surface area contributed by atoms with E-state index in [1.807, 2.05) is 86.6 Å². The molecule has 2 amide bonds. The minimum atomic E-state index is -0.703. The van der Waals surface area contributed by atoms with E-state index in [4.69, 9.17) is 0 Å². The number of pyridine rings is 1. The molecule has 36 heavy (non-hydrogen) atoms. The van der Waals surface area contributed by atoms with E-state index in [1.54, 1.807) is 12.3 Å². The van der Waals surface area contributed by atoms with Crippen molar-refractivity contribution in [2.75, 3.05) is 6.54 Å². The van der Waals surface area contributed by atoms with Gasteiger partial charge >= 0.3 is 0 Å². The summed E-state index contributed by atoms with van der Waals surface area (Å²) in [5, 5.41) is 5.93. The van der Waals surface area contributed by atoms with Gasteiger partial charge in [-0.2, -0.15) is 0 Å². The molecule has 182 valence electrons. The smallest absolute Gasteiger partial charge is 0.251 e. The molecule has 4 rings (SSSR count). The van der Waals surface area contributed by atoms with Crippen LogP contribution in [0, 0.1) is 13.8 Å². The van der Waals surface area contributed by atoms with E-state index in [2.05, 4.69) is 27.8 Å². The summed E-state index contributed by atoms with van der Waals surface area (Å²) in [4.78, 5) is 30.5. The number of carbonyl (C=O) groups is 2. The largest absolute Gasteiger partial charge is 0.354 e. The first kappa shape index (κ1) is 24.9. The number of amides is 2. The molecule has 2 N–H and O–H groups in total. The molecule has 0 radical (unpaired) electrons. The summed E-state index contributed by atoms with van der Waals surface area (Å²) in [6.45, 7) is 4.43. The lowest BCUT2D eigenvalue weighted by atomic mass is 9.99. The maximum atomic E-state index is 13.2. The minimum absolute atomic E-state index is 0.213. The Labute approximate surface area is 212 Å². The molecule has 4 aromatic rings. The number of aromatic nitrogens is 1. The summed E-state index contributed by atoms with van der Waals surface area (Å²) in [6, 6.07) is 28.9. The Bertz CT molecular complexity index is 1300. The zero-order chi connectivity index (χ0) is 25.3. The van der Waals surface area contributed by atoms with Crippen molar-refractivity contribution >= 4 is 11.8 Å². The molecule has 1 atom stereocenters. The van der Waals surface area contributed by atoms with Crippen LogP contribution in [-0.4, -0.2) is 29.4 Å². The third kappa shape index (κ3) is 6.66. The third-order valence-electron chi connectivity index (χ3n) is 6.30. The summed E-state index contributed by atoms with van der Waals surface area (Å²) in [6.07, 6.45) is 2.75. The maximum Gasteiger partial charge on any atom is 0.251 e. The third-order valence-corrected chi connectivity index (χ3v) is 6.30. The Morgan fingerprint density at radius 3 is 2.22 bits per heavy atom. The summed E-state index contributed by atoms with van der Waals surface area (Å²) >= 11 is 0. The van der Waals surface area contributed by atoms with Gasteiger partial charge in [-0.1, -0.05) is 66.7 Å². The van der Waals surface area contributed by atoms with E-state index in [0.29, 0.717) is 24.9 Å². The molecule has 5 heteroatoms. The number of nitrogens with one attached hydrogen (secondary N) is 2. The first-order valence-electron chi connectivity index (χ1n) is 12.2. The van der Waals surface area contributed by atoms with Gasteiger partial charge in [-0.3, -0.25) is 14.6 Å². The Balaban J connectivity index is 1.47. The Morgan fingerprint density at radius 1 is 0.806 bits per heavy atom. The fourth-order valence-corrected chi connectivity index (χ4v) is 4.02. The fourth-order valence-electron chi connectivity index (χ4n) is 4.02. The first-order valence-corrected chi connectivity index (χ1v) is 12.2. The van der Waals surface area contributed by atoms with E-state index in [1.165, 1.54) is 0 Å². The average molecular weight is 478 g/mol. The van der Waals surface area contributed by atoms with Gasteiger partial charge in [0.05, 0.1) is 0 Å². The number of benzene rings is 3. The van der Waals surface area contributed by atoms with Gasteiger partial charge in [0, 0.05) is 36.8 Å². The van der Waals surface area contributed by atoms with Crippen molar-refractivity contribution in [3.63, 3.8) is 0 Å². The molecular formula is C31H31N3O2. The van der Waals surface area contributed by atoms with Crippen LogP contribution in [0.25, 0.3) is 11.1 Å². The number of hydrogen-bond donors (Lipinski definition) is 2. The van der Waals surface area contributed by atoms with Crippen molar-refractivity contribution in [1.29, 1.82) is 0 Å². The van der Waals surface area contributed by atoms with Crippen LogP contribution in [0.15, 0.2) is 97.2 Å². The van der Waals surface area contributed by atoms with E-state index in [9.17, 15) is 9.59 Å². The highest BCUT2D eigenvalue weighted by Crippen LogP contribution is 2.20. The number of rotatable bonds is 9.